The number of carbonyl (C=O) groups excluding carboxylic acids is 4. The first-order valence-corrected chi connectivity index (χ1v) is 30.8. The Balaban J connectivity index is 0. The Hall–Kier alpha value is 1.90. The van der Waals surface area contributed by atoms with Crippen LogP contribution in [0.25, 0.3) is 0 Å². The van der Waals surface area contributed by atoms with Gasteiger partial charge in [0.1, 0.15) is 31.8 Å². The number of hydrogen-bond acceptors (Lipinski definition) is 18. The van der Waals surface area contributed by atoms with E-state index >= 15 is 0 Å². The molecule has 0 rings (SSSR count). The van der Waals surface area contributed by atoms with Gasteiger partial charge in [-0.05, 0) is 38.5 Å². The van der Waals surface area contributed by atoms with Crippen molar-refractivity contribution in [3.05, 3.63) is 0 Å². The van der Waals surface area contributed by atoms with Crippen LogP contribution in [0.15, 0.2) is 0 Å². The summed E-state index contributed by atoms with van der Waals surface area (Å²) in [7, 11) is 12.7. The number of carbonyl (C=O) groups is 4. The van der Waals surface area contributed by atoms with Gasteiger partial charge < -0.3 is 28.1 Å². The Labute approximate surface area is 393 Å². The number of unbranched alkanes of at least 4 members (excludes halogenated alkanes) is 4. The molecule has 0 aromatic heterocycles. The number of rotatable bonds is 40. The summed E-state index contributed by atoms with van der Waals surface area (Å²) in [4.78, 5) is 51.3. The van der Waals surface area contributed by atoms with Crippen LogP contribution in [0.1, 0.15) is 90.9 Å². The Kier molecular flexibility index (Phi) is 46.6. The summed E-state index contributed by atoms with van der Waals surface area (Å²) >= 11 is -3.59. The van der Waals surface area contributed by atoms with Crippen LogP contribution in [0.4, 0.5) is 0 Å². The molecular formula is C33H61NaO12S10. The number of esters is 4. The molecule has 0 bridgehead atoms. The zero-order chi connectivity index (χ0) is 40.8. The van der Waals surface area contributed by atoms with Gasteiger partial charge in [0, 0.05) is 57.5 Å². The molecule has 23 heteroatoms. The van der Waals surface area contributed by atoms with Crippen LogP contribution in [0.5, 0.6) is 0 Å². The van der Waals surface area contributed by atoms with Crippen molar-refractivity contribution >= 4 is 162 Å². The molecule has 56 heavy (non-hydrogen) atoms. The molecule has 2 atom stereocenters. The predicted octanol–water partition coefficient (Wildman–Crippen LogP) is 8.19. The van der Waals surface area contributed by atoms with Crippen molar-refractivity contribution in [2.24, 2.45) is 5.41 Å². The summed E-state index contributed by atoms with van der Waals surface area (Å²) in [5.74, 6) is 4.14. The van der Waals surface area contributed by atoms with Gasteiger partial charge in [0.15, 0.2) is 22.2 Å². The fourth-order valence-corrected chi connectivity index (χ4v) is 13.2. The van der Waals surface area contributed by atoms with E-state index in [2.05, 4.69) is 13.8 Å². The normalized spacial score (nSPS) is 12.4. The molecule has 0 saturated heterocycles. The molecule has 0 aliphatic heterocycles. The van der Waals surface area contributed by atoms with Gasteiger partial charge in [-0.25, -0.2) is 8.42 Å². The molecular weight excluding hydrogens is 932 g/mol. The molecule has 0 heterocycles. The van der Waals surface area contributed by atoms with E-state index < -0.39 is 51.5 Å². The summed E-state index contributed by atoms with van der Waals surface area (Å²) in [5.41, 5.74) is -1.33. The van der Waals surface area contributed by atoms with Gasteiger partial charge in [-0.2, -0.15) is 0 Å². The molecule has 0 saturated carbocycles. The minimum atomic E-state index is -1.79. The third-order valence-corrected chi connectivity index (χ3v) is 18.1. The quantitative estimate of drug-likeness (QED) is 0.0150. The van der Waals surface area contributed by atoms with Crippen molar-refractivity contribution in [3.8, 4) is 0 Å². The first-order valence-electron chi connectivity index (χ1n) is 18.3. The third-order valence-electron chi connectivity index (χ3n) is 6.80. The van der Waals surface area contributed by atoms with Gasteiger partial charge in [-0.3, -0.25) is 19.2 Å². The van der Waals surface area contributed by atoms with E-state index in [0.29, 0.717) is 35.9 Å². The fraction of sp³-hybridized carbons (Fsp3) is 0.879. The second kappa shape index (κ2) is 43.5. The molecule has 0 spiro atoms. The van der Waals surface area contributed by atoms with E-state index in [9.17, 15) is 27.6 Å². The Morgan fingerprint density at radius 2 is 0.696 bits per heavy atom. The van der Waals surface area contributed by atoms with Crippen LogP contribution in [0, 0.1) is 5.41 Å². The molecule has 12 nitrogen and oxygen atoms in total. The van der Waals surface area contributed by atoms with Crippen molar-refractivity contribution in [3.63, 3.8) is 0 Å². The van der Waals surface area contributed by atoms with Crippen LogP contribution in [0.2, 0.25) is 0 Å². The van der Waals surface area contributed by atoms with Crippen molar-refractivity contribution in [2.45, 2.75) is 90.9 Å². The zero-order valence-corrected chi connectivity index (χ0v) is 40.1. The van der Waals surface area contributed by atoms with E-state index in [1.807, 2.05) is 0 Å². The van der Waals surface area contributed by atoms with Gasteiger partial charge in [-0.1, -0.05) is 113 Å². The van der Waals surface area contributed by atoms with Crippen LogP contribution in [-0.4, -0.2) is 155 Å². The van der Waals surface area contributed by atoms with Gasteiger partial charge in [0.2, 0.25) is 0 Å². The number of hydrogen-bond donors (Lipinski definition) is 2. The Morgan fingerprint density at radius 1 is 0.446 bits per heavy atom. The minimum absolute atomic E-state index is 0. The molecule has 0 fully saturated rings. The van der Waals surface area contributed by atoms with Gasteiger partial charge in [0.05, 0.1) is 25.7 Å². The van der Waals surface area contributed by atoms with E-state index in [1.165, 1.54) is 21.6 Å². The Morgan fingerprint density at radius 3 is 0.946 bits per heavy atom. The van der Waals surface area contributed by atoms with Crippen molar-refractivity contribution in [1.82, 2.24) is 0 Å². The van der Waals surface area contributed by atoms with Gasteiger partial charge in [-0.15, -0.1) is 0 Å². The van der Waals surface area contributed by atoms with Gasteiger partial charge in [0.25, 0.3) is 0 Å². The molecule has 0 aromatic carbocycles. The Bertz CT molecular complexity index is 988. The molecule has 0 aliphatic carbocycles. The predicted molar refractivity (Wildman–Crippen MR) is 251 cm³/mol. The average molecular weight is 993 g/mol. The molecule has 0 aromatic rings. The van der Waals surface area contributed by atoms with Crippen LogP contribution >= 0.6 is 86.4 Å². The zero-order valence-electron chi connectivity index (χ0n) is 31.9. The van der Waals surface area contributed by atoms with Crippen molar-refractivity contribution in [1.29, 1.82) is 0 Å². The van der Waals surface area contributed by atoms with Crippen LogP contribution in [-0.2, 0) is 60.3 Å². The topological polar surface area (TPSA) is 180 Å². The molecule has 0 radical (unpaired) electrons. The second-order valence-electron chi connectivity index (χ2n) is 11.9. The van der Waals surface area contributed by atoms with Gasteiger partial charge >= 0.3 is 53.4 Å². The fourth-order valence-electron chi connectivity index (χ4n) is 3.62. The summed E-state index contributed by atoms with van der Waals surface area (Å²) in [6, 6.07) is 0. The average Bonchev–Trinajstić information content (AvgIpc) is 3.15. The maximum absolute atomic E-state index is 12.8. The monoisotopic (exact) mass is 992 g/mol. The van der Waals surface area contributed by atoms with Crippen molar-refractivity contribution < 1.29 is 55.6 Å². The summed E-state index contributed by atoms with van der Waals surface area (Å²) < 4.78 is 62.0. The van der Waals surface area contributed by atoms with Crippen LogP contribution < -0.4 is 0 Å². The standard InChI is InChI=1S/C33H60O12S10.Na.H/c1-3-5-15-46-50-19-11-29(34)42-25-33(26-43-30(35)12-20-51-47-16-6-4-2,27-44-31(36)13-21-52-48-17-7-9-23-54(38)39)28-45-32(37)14-22-53-49-18-8-10-24-55(40)41;;/h3-28H2,1-2H3,(H,38,39)(H,40,41);;. The maximum atomic E-state index is 12.8. The summed E-state index contributed by atoms with van der Waals surface area (Å²) in [6.45, 7) is 3.06. The third kappa shape index (κ3) is 41.3. The van der Waals surface area contributed by atoms with E-state index in [0.717, 1.165) is 61.5 Å². The first kappa shape index (κ1) is 60.0. The number of ether oxygens (including phenoxy) is 4. The molecule has 2 unspecified atom stereocenters. The SMILES string of the molecule is CCCCSSCCC(=O)OCC(COC(=O)CCSSCCCC)(COC(=O)CCSSCCCCS(=O)O)COC(=O)CCSSCCCCS(=O)O.[NaH]. The molecule has 0 amide bonds. The molecule has 2 N–H and O–H groups in total. The van der Waals surface area contributed by atoms with E-state index in [-0.39, 0.29) is 93.2 Å². The molecule has 0 aliphatic rings. The molecule has 326 valence electrons. The summed E-state index contributed by atoms with van der Waals surface area (Å²) in [5, 5.41) is 0. The summed E-state index contributed by atoms with van der Waals surface area (Å²) in [6.07, 6.45) is 7.74. The van der Waals surface area contributed by atoms with Crippen molar-refractivity contribution in [2.75, 3.05) is 84.0 Å². The van der Waals surface area contributed by atoms with Crippen LogP contribution in [0.3, 0.4) is 0 Å². The second-order valence-corrected chi connectivity index (χ2v) is 24.8. The van der Waals surface area contributed by atoms with E-state index in [4.69, 9.17) is 28.1 Å². The first-order chi connectivity index (χ1) is 26.5. The van der Waals surface area contributed by atoms with E-state index in [1.54, 1.807) is 64.8 Å².